The molecule has 2 rings (SSSR count). The van der Waals surface area contributed by atoms with Gasteiger partial charge < -0.3 is 5.32 Å². The van der Waals surface area contributed by atoms with Crippen LogP contribution < -0.4 is 10.0 Å². The van der Waals surface area contributed by atoms with E-state index in [1.807, 2.05) is 13.8 Å². The summed E-state index contributed by atoms with van der Waals surface area (Å²) >= 11 is 1.29. The molecule has 0 aliphatic carbocycles. The number of nitrogens with one attached hydrogen (secondary N) is 3. The Labute approximate surface area is 121 Å². The minimum Gasteiger partial charge on any atom is -0.311 e. The third-order valence-corrected chi connectivity index (χ3v) is 5.11. The van der Waals surface area contributed by atoms with Crippen molar-refractivity contribution in [2.75, 3.05) is 11.3 Å². The van der Waals surface area contributed by atoms with E-state index in [-0.39, 0.29) is 4.90 Å². The molecular formula is C11H17N5O2S2. The van der Waals surface area contributed by atoms with Crippen molar-refractivity contribution in [1.82, 2.24) is 20.5 Å². The Morgan fingerprint density at radius 2 is 2.15 bits per heavy atom. The topological polar surface area (TPSA) is 99.8 Å². The van der Waals surface area contributed by atoms with Crippen molar-refractivity contribution in [2.45, 2.75) is 32.2 Å². The largest absolute Gasteiger partial charge is 0.311 e. The van der Waals surface area contributed by atoms with E-state index < -0.39 is 10.0 Å². The van der Waals surface area contributed by atoms with Crippen LogP contribution in [0.3, 0.4) is 0 Å². The highest BCUT2D eigenvalue weighted by Crippen LogP contribution is 2.24. The Morgan fingerprint density at radius 1 is 1.40 bits per heavy atom. The van der Waals surface area contributed by atoms with Crippen molar-refractivity contribution >= 4 is 26.5 Å². The number of rotatable bonds is 6. The van der Waals surface area contributed by atoms with Crippen LogP contribution in [0.1, 0.15) is 23.2 Å². The van der Waals surface area contributed by atoms with E-state index in [0.29, 0.717) is 23.1 Å². The van der Waals surface area contributed by atoms with Gasteiger partial charge in [-0.3, -0.25) is 9.82 Å². The van der Waals surface area contributed by atoms with E-state index in [9.17, 15) is 8.42 Å². The van der Waals surface area contributed by atoms with E-state index in [4.69, 9.17) is 0 Å². The number of aryl methyl sites for hydroxylation is 2. The van der Waals surface area contributed by atoms with Gasteiger partial charge in [0.1, 0.15) is 4.90 Å². The highest BCUT2D eigenvalue weighted by atomic mass is 32.2. The molecule has 0 bridgehead atoms. The molecule has 0 saturated heterocycles. The fourth-order valence-electron chi connectivity index (χ4n) is 1.76. The number of aromatic amines is 1. The van der Waals surface area contributed by atoms with Crippen LogP contribution in [-0.4, -0.2) is 30.1 Å². The zero-order valence-corrected chi connectivity index (χ0v) is 13.2. The summed E-state index contributed by atoms with van der Waals surface area (Å²) in [5.74, 6) is 0. The van der Waals surface area contributed by atoms with Crippen LogP contribution in [0.15, 0.2) is 11.1 Å². The zero-order valence-electron chi connectivity index (χ0n) is 11.5. The van der Waals surface area contributed by atoms with Crippen LogP contribution in [0, 0.1) is 13.8 Å². The van der Waals surface area contributed by atoms with Gasteiger partial charge in [-0.2, -0.15) is 5.10 Å². The summed E-state index contributed by atoms with van der Waals surface area (Å²) in [4.78, 5) is 5.14. The summed E-state index contributed by atoms with van der Waals surface area (Å²) in [5, 5.41) is 10.2. The first-order valence-electron chi connectivity index (χ1n) is 6.14. The van der Waals surface area contributed by atoms with E-state index in [2.05, 4.69) is 25.2 Å². The maximum absolute atomic E-state index is 12.4. The molecule has 0 amide bonds. The second-order valence-corrected chi connectivity index (χ2v) is 7.14. The van der Waals surface area contributed by atoms with Gasteiger partial charge in [0.05, 0.1) is 11.4 Å². The molecule has 0 fully saturated rings. The molecule has 0 saturated carbocycles. The summed E-state index contributed by atoms with van der Waals surface area (Å²) < 4.78 is 27.4. The number of H-pyrrole nitrogens is 1. The van der Waals surface area contributed by atoms with Gasteiger partial charge >= 0.3 is 0 Å². The van der Waals surface area contributed by atoms with Gasteiger partial charge in [-0.25, -0.2) is 13.4 Å². The van der Waals surface area contributed by atoms with Crippen molar-refractivity contribution in [3.8, 4) is 0 Å². The molecule has 0 unspecified atom stereocenters. The number of hydrogen-bond acceptors (Lipinski definition) is 6. The molecule has 2 heterocycles. The molecule has 0 atom stereocenters. The van der Waals surface area contributed by atoms with Gasteiger partial charge in [0.15, 0.2) is 5.13 Å². The standard InChI is InChI=1S/C11H17N5O2S2/c1-4-12-6-9-10(8(3)14-15-9)20(17,18)16-11-13-5-7(2)19-11/h5,12H,4,6H2,1-3H3,(H,13,16)(H,14,15). The lowest BCUT2D eigenvalue weighted by molar-refractivity contribution is 0.597. The predicted octanol–water partition coefficient (Wildman–Crippen LogP) is 1.39. The van der Waals surface area contributed by atoms with Crippen molar-refractivity contribution in [3.05, 3.63) is 22.5 Å². The summed E-state index contributed by atoms with van der Waals surface area (Å²) in [7, 11) is -3.68. The normalized spacial score (nSPS) is 11.8. The molecule has 0 aliphatic rings. The molecule has 0 aliphatic heterocycles. The second-order valence-electron chi connectivity index (χ2n) is 4.29. The quantitative estimate of drug-likeness (QED) is 0.748. The van der Waals surface area contributed by atoms with Gasteiger partial charge in [0, 0.05) is 17.6 Å². The summed E-state index contributed by atoms with van der Waals surface area (Å²) in [6.07, 6.45) is 1.63. The van der Waals surface area contributed by atoms with Gasteiger partial charge in [0.25, 0.3) is 10.0 Å². The Kier molecular flexibility index (Phi) is 4.41. The molecule has 2 aromatic rings. The molecule has 2 aromatic heterocycles. The molecule has 110 valence electrons. The van der Waals surface area contributed by atoms with Crippen LogP contribution in [-0.2, 0) is 16.6 Å². The third kappa shape index (κ3) is 3.17. The Balaban J connectivity index is 2.31. The lowest BCUT2D eigenvalue weighted by atomic mass is 10.3. The first-order chi connectivity index (χ1) is 9.44. The summed E-state index contributed by atoms with van der Waals surface area (Å²) in [6.45, 7) is 6.64. The van der Waals surface area contributed by atoms with Gasteiger partial charge in [-0.15, -0.1) is 11.3 Å². The average Bonchev–Trinajstić information content (AvgIpc) is 2.93. The minimum atomic E-state index is -3.68. The fourth-order valence-corrected chi connectivity index (χ4v) is 4.03. The maximum Gasteiger partial charge on any atom is 0.267 e. The molecule has 0 spiro atoms. The van der Waals surface area contributed by atoms with Crippen LogP contribution >= 0.6 is 11.3 Å². The van der Waals surface area contributed by atoms with Crippen molar-refractivity contribution in [1.29, 1.82) is 0 Å². The van der Waals surface area contributed by atoms with Crippen LogP contribution in [0.2, 0.25) is 0 Å². The maximum atomic E-state index is 12.4. The lowest BCUT2D eigenvalue weighted by Crippen LogP contribution is -2.19. The SMILES string of the molecule is CCNCc1n[nH]c(C)c1S(=O)(=O)Nc1ncc(C)s1. The Bertz CT molecular complexity index is 689. The zero-order chi connectivity index (χ0) is 14.8. The fraction of sp³-hybridized carbons (Fsp3) is 0.455. The number of sulfonamides is 1. The number of thiazole rings is 1. The highest BCUT2D eigenvalue weighted by molar-refractivity contribution is 7.93. The number of anilines is 1. The van der Waals surface area contributed by atoms with Crippen LogP contribution in [0.5, 0.6) is 0 Å². The van der Waals surface area contributed by atoms with E-state index in [1.165, 1.54) is 11.3 Å². The van der Waals surface area contributed by atoms with Gasteiger partial charge in [0.2, 0.25) is 0 Å². The van der Waals surface area contributed by atoms with Gasteiger partial charge in [-0.05, 0) is 20.4 Å². The average molecular weight is 315 g/mol. The van der Waals surface area contributed by atoms with Crippen molar-refractivity contribution in [3.63, 3.8) is 0 Å². The Morgan fingerprint density at radius 3 is 2.75 bits per heavy atom. The van der Waals surface area contributed by atoms with Crippen molar-refractivity contribution in [2.24, 2.45) is 0 Å². The molecule has 7 nitrogen and oxygen atoms in total. The summed E-state index contributed by atoms with van der Waals surface area (Å²) in [5.41, 5.74) is 0.990. The summed E-state index contributed by atoms with van der Waals surface area (Å²) in [6, 6.07) is 0. The third-order valence-electron chi connectivity index (χ3n) is 2.62. The number of nitrogens with zero attached hydrogens (tertiary/aromatic N) is 2. The molecule has 9 heteroatoms. The second kappa shape index (κ2) is 5.90. The smallest absolute Gasteiger partial charge is 0.267 e. The van der Waals surface area contributed by atoms with E-state index >= 15 is 0 Å². The first-order valence-corrected chi connectivity index (χ1v) is 8.43. The number of hydrogen-bond donors (Lipinski definition) is 3. The molecule has 0 radical (unpaired) electrons. The Hall–Kier alpha value is -1.45. The molecule has 0 aromatic carbocycles. The van der Waals surface area contributed by atoms with Crippen LogP contribution in [0.25, 0.3) is 0 Å². The van der Waals surface area contributed by atoms with Crippen molar-refractivity contribution < 1.29 is 8.42 Å². The monoisotopic (exact) mass is 315 g/mol. The lowest BCUT2D eigenvalue weighted by Gasteiger charge is -2.07. The minimum absolute atomic E-state index is 0.186. The highest BCUT2D eigenvalue weighted by Gasteiger charge is 2.25. The predicted molar refractivity (Wildman–Crippen MR) is 78.4 cm³/mol. The molecule has 3 N–H and O–H groups in total. The first kappa shape index (κ1) is 14.9. The number of aromatic nitrogens is 3. The molecular weight excluding hydrogens is 298 g/mol. The van der Waals surface area contributed by atoms with E-state index in [0.717, 1.165) is 11.4 Å². The van der Waals surface area contributed by atoms with Crippen LogP contribution in [0.4, 0.5) is 5.13 Å². The van der Waals surface area contributed by atoms with E-state index in [1.54, 1.807) is 13.1 Å². The van der Waals surface area contributed by atoms with Gasteiger partial charge in [-0.1, -0.05) is 6.92 Å². The molecule has 20 heavy (non-hydrogen) atoms.